The van der Waals surface area contributed by atoms with E-state index in [-0.39, 0.29) is 30.0 Å². The van der Waals surface area contributed by atoms with Gasteiger partial charge in [0.05, 0.1) is 5.92 Å². The molecule has 0 radical (unpaired) electrons. The standard InChI is InChI=1S/C13H17FN2O.ClH/c1-9-4-5-11(7-12(9)14)16-13(17)10-3-2-6-15-8-10;/h4-5,7,10,15H,2-3,6,8H2,1H3,(H,16,17);1H. The Hall–Kier alpha value is -1.13. The summed E-state index contributed by atoms with van der Waals surface area (Å²) in [5.41, 5.74) is 1.12. The van der Waals surface area contributed by atoms with Gasteiger partial charge in [-0.25, -0.2) is 4.39 Å². The Morgan fingerprint density at radius 1 is 1.50 bits per heavy atom. The fourth-order valence-corrected chi connectivity index (χ4v) is 1.99. The first kappa shape index (κ1) is 14.9. The first-order chi connectivity index (χ1) is 8.16. The van der Waals surface area contributed by atoms with Crippen molar-refractivity contribution < 1.29 is 9.18 Å². The van der Waals surface area contributed by atoms with Gasteiger partial charge in [0.2, 0.25) is 5.91 Å². The van der Waals surface area contributed by atoms with Gasteiger partial charge < -0.3 is 10.6 Å². The number of aryl methyl sites for hydroxylation is 1. The summed E-state index contributed by atoms with van der Waals surface area (Å²) in [7, 11) is 0. The van der Waals surface area contributed by atoms with E-state index < -0.39 is 0 Å². The lowest BCUT2D eigenvalue weighted by Gasteiger charge is -2.21. The Kier molecular flexibility index (Phi) is 5.56. The summed E-state index contributed by atoms with van der Waals surface area (Å²) in [5, 5.41) is 5.95. The van der Waals surface area contributed by atoms with Gasteiger partial charge >= 0.3 is 0 Å². The maximum atomic E-state index is 13.3. The Morgan fingerprint density at radius 2 is 2.28 bits per heavy atom. The fraction of sp³-hybridized carbons (Fsp3) is 0.462. The lowest BCUT2D eigenvalue weighted by Crippen LogP contribution is -2.37. The van der Waals surface area contributed by atoms with Crippen LogP contribution in [0.25, 0.3) is 0 Å². The number of anilines is 1. The van der Waals surface area contributed by atoms with E-state index in [1.165, 1.54) is 6.07 Å². The number of hydrogen-bond donors (Lipinski definition) is 2. The maximum absolute atomic E-state index is 13.3. The van der Waals surface area contributed by atoms with Crippen molar-refractivity contribution in [2.45, 2.75) is 19.8 Å². The second-order valence-electron chi connectivity index (χ2n) is 4.50. The fourth-order valence-electron chi connectivity index (χ4n) is 1.99. The average molecular weight is 273 g/mol. The normalized spacial score (nSPS) is 18.9. The summed E-state index contributed by atoms with van der Waals surface area (Å²) >= 11 is 0. The van der Waals surface area contributed by atoms with Crippen molar-refractivity contribution in [3.8, 4) is 0 Å². The molecule has 5 heteroatoms. The number of amides is 1. The highest BCUT2D eigenvalue weighted by atomic mass is 35.5. The van der Waals surface area contributed by atoms with Crippen LogP contribution in [-0.2, 0) is 4.79 Å². The van der Waals surface area contributed by atoms with Gasteiger partial charge in [0.15, 0.2) is 0 Å². The predicted octanol–water partition coefficient (Wildman–Crippen LogP) is 2.49. The Balaban J connectivity index is 0.00000162. The van der Waals surface area contributed by atoms with Crippen LogP contribution in [0, 0.1) is 18.7 Å². The molecule has 1 unspecified atom stereocenters. The smallest absolute Gasteiger partial charge is 0.228 e. The molecular formula is C13H18ClFN2O. The molecule has 0 aliphatic carbocycles. The minimum absolute atomic E-state index is 0. The van der Waals surface area contributed by atoms with E-state index in [9.17, 15) is 9.18 Å². The molecule has 0 bridgehead atoms. The first-order valence-electron chi connectivity index (χ1n) is 5.94. The van der Waals surface area contributed by atoms with Gasteiger partial charge in [0, 0.05) is 12.2 Å². The average Bonchev–Trinajstić information content (AvgIpc) is 2.35. The molecule has 1 aliphatic rings. The molecule has 0 aromatic heterocycles. The number of halogens is 2. The summed E-state index contributed by atoms with van der Waals surface area (Å²) in [6, 6.07) is 4.76. The third-order valence-corrected chi connectivity index (χ3v) is 3.11. The van der Waals surface area contributed by atoms with Crippen LogP contribution >= 0.6 is 12.4 Å². The van der Waals surface area contributed by atoms with Gasteiger partial charge in [-0.3, -0.25) is 4.79 Å². The highest BCUT2D eigenvalue weighted by molar-refractivity contribution is 5.92. The lowest BCUT2D eigenvalue weighted by molar-refractivity contribution is -0.120. The van der Waals surface area contributed by atoms with E-state index in [1.807, 2.05) is 0 Å². The summed E-state index contributed by atoms with van der Waals surface area (Å²) < 4.78 is 13.3. The van der Waals surface area contributed by atoms with E-state index in [0.717, 1.165) is 19.4 Å². The van der Waals surface area contributed by atoms with Crippen molar-refractivity contribution in [2.24, 2.45) is 5.92 Å². The van der Waals surface area contributed by atoms with E-state index in [4.69, 9.17) is 0 Å². The minimum atomic E-state index is -0.287. The largest absolute Gasteiger partial charge is 0.326 e. The number of carbonyl (C=O) groups is 1. The monoisotopic (exact) mass is 272 g/mol. The number of benzene rings is 1. The molecule has 1 heterocycles. The van der Waals surface area contributed by atoms with Gasteiger partial charge in [0.25, 0.3) is 0 Å². The van der Waals surface area contributed by atoms with Crippen LogP contribution in [-0.4, -0.2) is 19.0 Å². The molecule has 1 saturated heterocycles. The van der Waals surface area contributed by atoms with Crippen LogP contribution < -0.4 is 10.6 Å². The van der Waals surface area contributed by atoms with Gasteiger partial charge in [-0.05, 0) is 44.0 Å². The lowest BCUT2D eigenvalue weighted by atomic mass is 9.99. The summed E-state index contributed by atoms with van der Waals surface area (Å²) in [6.45, 7) is 3.38. The molecular weight excluding hydrogens is 255 g/mol. The molecule has 2 rings (SSSR count). The van der Waals surface area contributed by atoms with Gasteiger partial charge in [-0.15, -0.1) is 12.4 Å². The van der Waals surface area contributed by atoms with E-state index in [2.05, 4.69) is 10.6 Å². The molecule has 1 fully saturated rings. The summed E-state index contributed by atoms with van der Waals surface area (Å²) in [4.78, 5) is 11.9. The van der Waals surface area contributed by atoms with Crippen molar-refractivity contribution in [1.29, 1.82) is 0 Å². The zero-order valence-electron chi connectivity index (χ0n) is 10.3. The molecule has 0 spiro atoms. The highest BCUT2D eigenvalue weighted by Gasteiger charge is 2.20. The van der Waals surface area contributed by atoms with Crippen molar-refractivity contribution in [1.82, 2.24) is 5.32 Å². The number of hydrogen-bond acceptors (Lipinski definition) is 2. The molecule has 18 heavy (non-hydrogen) atoms. The van der Waals surface area contributed by atoms with E-state index >= 15 is 0 Å². The van der Waals surface area contributed by atoms with Crippen LogP contribution in [0.5, 0.6) is 0 Å². The first-order valence-corrected chi connectivity index (χ1v) is 5.94. The van der Waals surface area contributed by atoms with Gasteiger partial charge in [0.1, 0.15) is 5.82 Å². The number of carbonyl (C=O) groups excluding carboxylic acids is 1. The van der Waals surface area contributed by atoms with Crippen LogP contribution in [0.1, 0.15) is 18.4 Å². The number of rotatable bonds is 2. The molecule has 100 valence electrons. The molecule has 0 saturated carbocycles. The van der Waals surface area contributed by atoms with Crippen LogP contribution in [0.15, 0.2) is 18.2 Å². The molecule has 1 aromatic carbocycles. The molecule has 1 aliphatic heterocycles. The second-order valence-corrected chi connectivity index (χ2v) is 4.50. The predicted molar refractivity (Wildman–Crippen MR) is 72.6 cm³/mol. The zero-order chi connectivity index (χ0) is 12.3. The van der Waals surface area contributed by atoms with Crippen molar-refractivity contribution in [3.63, 3.8) is 0 Å². The molecule has 3 nitrogen and oxygen atoms in total. The van der Waals surface area contributed by atoms with Crippen molar-refractivity contribution in [3.05, 3.63) is 29.6 Å². The SMILES string of the molecule is Cc1ccc(NC(=O)C2CCCNC2)cc1F.Cl. The Labute approximate surface area is 113 Å². The number of nitrogens with one attached hydrogen (secondary N) is 2. The van der Waals surface area contributed by atoms with Crippen LogP contribution in [0.3, 0.4) is 0 Å². The van der Waals surface area contributed by atoms with Gasteiger partial charge in [-0.2, -0.15) is 0 Å². The summed E-state index contributed by atoms with van der Waals surface area (Å²) in [6.07, 6.45) is 1.91. The Bertz CT molecular complexity index is 419. The zero-order valence-corrected chi connectivity index (χ0v) is 11.1. The number of piperidine rings is 1. The quantitative estimate of drug-likeness (QED) is 0.869. The topological polar surface area (TPSA) is 41.1 Å². The Morgan fingerprint density at radius 3 is 2.89 bits per heavy atom. The molecule has 1 atom stereocenters. The molecule has 1 aromatic rings. The van der Waals surface area contributed by atoms with Crippen LogP contribution in [0.2, 0.25) is 0 Å². The van der Waals surface area contributed by atoms with Crippen molar-refractivity contribution >= 4 is 24.0 Å². The van der Waals surface area contributed by atoms with E-state index in [1.54, 1.807) is 19.1 Å². The van der Waals surface area contributed by atoms with Gasteiger partial charge in [-0.1, -0.05) is 6.07 Å². The maximum Gasteiger partial charge on any atom is 0.228 e. The summed E-state index contributed by atoms with van der Waals surface area (Å²) in [5.74, 6) is -0.321. The minimum Gasteiger partial charge on any atom is -0.326 e. The van der Waals surface area contributed by atoms with E-state index in [0.29, 0.717) is 17.8 Å². The van der Waals surface area contributed by atoms with Crippen LogP contribution in [0.4, 0.5) is 10.1 Å². The molecule has 2 N–H and O–H groups in total. The third-order valence-electron chi connectivity index (χ3n) is 3.11. The highest BCUT2D eigenvalue weighted by Crippen LogP contribution is 2.16. The second kappa shape index (κ2) is 6.71. The third kappa shape index (κ3) is 3.68. The van der Waals surface area contributed by atoms with Crippen molar-refractivity contribution in [2.75, 3.05) is 18.4 Å². The molecule has 1 amide bonds.